The average Bonchev–Trinajstić information content (AvgIpc) is 2.94. The van der Waals surface area contributed by atoms with Crippen molar-refractivity contribution in [2.75, 3.05) is 18.4 Å². The van der Waals surface area contributed by atoms with Crippen molar-refractivity contribution >= 4 is 23.5 Å². The summed E-state index contributed by atoms with van der Waals surface area (Å²) in [7, 11) is 0. The number of carbonyl (C=O) groups is 1. The number of halogens is 1. The Labute approximate surface area is 135 Å². The van der Waals surface area contributed by atoms with E-state index in [1.54, 1.807) is 17.2 Å². The van der Waals surface area contributed by atoms with Gasteiger partial charge < -0.3 is 15.3 Å². The van der Waals surface area contributed by atoms with Crippen LogP contribution in [0.4, 0.5) is 10.6 Å². The molecule has 1 atom stereocenters. The van der Waals surface area contributed by atoms with Crippen LogP contribution in [-0.4, -0.2) is 40.2 Å². The Kier molecular flexibility index (Phi) is 4.43. The number of piperidine rings is 1. The highest BCUT2D eigenvalue weighted by Gasteiger charge is 2.42. The van der Waals surface area contributed by atoms with E-state index in [-0.39, 0.29) is 6.04 Å². The highest BCUT2D eigenvalue weighted by atomic mass is 35.5. The summed E-state index contributed by atoms with van der Waals surface area (Å²) in [6, 6.07) is 3.62. The molecule has 0 radical (unpaired) electrons. The lowest BCUT2D eigenvalue weighted by Crippen LogP contribution is -2.51. The van der Waals surface area contributed by atoms with Crippen LogP contribution in [0, 0.1) is 5.41 Å². The lowest BCUT2D eigenvalue weighted by Gasteiger charge is -2.44. The molecule has 2 fully saturated rings. The van der Waals surface area contributed by atoms with Crippen LogP contribution in [0.25, 0.3) is 0 Å². The van der Waals surface area contributed by atoms with Crippen molar-refractivity contribution in [3.05, 3.63) is 23.4 Å². The third-order valence-electron chi connectivity index (χ3n) is 5.15. The lowest BCUT2D eigenvalue weighted by molar-refractivity contribution is 0.0562. The maximum Gasteiger partial charge on any atom is 0.407 e. The van der Waals surface area contributed by atoms with Crippen LogP contribution < -0.4 is 5.32 Å². The second-order valence-corrected chi connectivity index (χ2v) is 6.97. The first kappa shape index (κ1) is 15.4. The molecule has 1 aliphatic heterocycles. The van der Waals surface area contributed by atoms with E-state index in [0.29, 0.717) is 23.5 Å². The van der Waals surface area contributed by atoms with Crippen molar-refractivity contribution in [3.8, 4) is 0 Å². The molecule has 0 aromatic carbocycles. The van der Waals surface area contributed by atoms with Crippen LogP contribution in [0.1, 0.15) is 38.5 Å². The van der Waals surface area contributed by atoms with Crippen molar-refractivity contribution in [1.82, 2.24) is 9.88 Å². The van der Waals surface area contributed by atoms with Crippen LogP contribution in [0.2, 0.25) is 5.02 Å². The van der Waals surface area contributed by atoms with Gasteiger partial charge in [-0.2, -0.15) is 0 Å². The largest absolute Gasteiger partial charge is 0.465 e. The van der Waals surface area contributed by atoms with E-state index in [1.807, 2.05) is 6.07 Å². The van der Waals surface area contributed by atoms with E-state index in [4.69, 9.17) is 11.6 Å². The summed E-state index contributed by atoms with van der Waals surface area (Å²) in [5, 5.41) is 13.3. The fourth-order valence-corrected chi connectivity index (χ4v) is 4.08. The number of anilines is 1. The molecule has 3 rings (SSSR count). The minimum atomic E-state index is -0.816. The molecule has 5 nitrogen and oxygen atoms in total. The molecule has 2 N–H and O–H groups in total. The van der Waals surface area contributed by atoms with E-state index in [9.17, 15) is 9.90 Å². The zero-order valence-electron chi connectivity index (χ0n) is 12.6. The molecule has 1 spiro atoms. The predicted molar refractivity (Wildman–Crippen MR) is 86.4 cm³/mol. The second-order valence-electron chi connectivity index (χ2n) is 6.53. The molecule has 1 amide bonds. The van der Waals surface area contributed by atoms with Gasteiger partial charge in [0.2, 0.25) is 0 Å². The summed E-state index contributed by atoms with van der Waals surface area (Å²) in [5.41, 5.74) is 0.367. The smallest absolute Gasteiger partial charge is 0.407 e. The molecule has 2 heterocycles. The van der Waals surface area contributed by atoms with Gasteiger partial charge >= 0.3 is 6.09 Å². The third kappa shape index (κ3) is 3.29. The molecule has 0 bridgehead atoms. The summed E-state index contributed by atoms with van der Waals surface area (Å²) < 4.78 is 0. The number of likely N-dealkylation sites (tertiary alicyclic amines) is 1. The van der Waals surface area contributed by atoms with Crippen LogP contribution in [0.15, 0.2) is 18.3 Å². The molecule has 120 valence electrons. The van der Waals surface area contributed by atoms with E-state index in [0.717, 1.165) is 18.7 Å². The van der Waals surface area contributed by atoms with Gasteiger partial charge in [-0.15, -0.1) is 0 Å². The van der Waals surface area contributed by atoms with Gasteiger partial charge in [0, 0.05) is 19.3 Å². The van der Waals surface area contributed by atoms with Crippen LogP contribution in [0.3, 0.4) is 0 Å². The fraction of sp³-hybridized carbons (Fsp3) is 0.625. The van der Waals surface area contributed by atoms with E-state index in [2.05, 4.69) is 10.3 Å². The number of amides is 1. The Morgan fingerprint density at radius 2 is 2.18 bits per heavy atom. The summed E-state index contributed by atoms with van der Waals surface area (Å²) >= 11 is 5.83. The molecule has 6 heteroatoms. The lowest BCUT2D eigenvalue weighted by atomic mass is 9.74. The molecule has 2 aliphatic rings. The molecular formula is C16H22ClN3O2. The monoisotopic (exact) mass is 323 g/mol. The van der Waals surface area contributed by atoms with Crippen molar-refractivity contribution in [1.29, 1.82) is 0 Å². The van der Waals surface area contributed by atoms with E-state index < -0.39 is 6.09 Å². The van der Waals surface area contributed by atoms with Gasteiger partial charge in [-0.25, -0.2) is 9.78 Å². The van der Waals surface area contributed by atoms with Gasteiger partial charge in [-0.1, -0.05) is 24.4 Å². The number of rotatable bonds is 3. The zero-order valence-corrected chi connectivity index (χ0v) is 13.4. The number of hydrogen-bond donors (Lipinski definition) is 2. The van der Waals surface area contributed by atoms with Gasteiger partial charge in [0.25, 0.3) is 0 Å². The summed E-state index contributed by atoms with van der Waals surface area (Å²) in [6.07, 6.45) is 7.81. The fourth-order valence-electron chi connectivity index (χ4n) is 3.97. The van der Waals surface area contributed by atoms with Crippen LogP contribution in [-0.2, 0) is 0 Å². The van der Waals surface area contributed by atoms with Gasteiger partial charge in [0.05, 0.1) is 11.1 Å². The Bertz CT molecular complexity index is 529. The average molecular weight is 324 g/mol. The van der Waals surface area contributed by atoms with Crippen LogP contribution in [0.5, 0.6) is 0 Å². The third-order valence-corrected chi connectivity index (χ3v) is 5.37. The number of aromatic nitrogens is 1. The summed E-state index contributed by atoms with van der Waals surface area (Å²) in [5.74, 6) is 0.737. The van der Waals surface area contributed by atoms with Crippen molar-refractivity contribution < 1.29 is 9.90 Å². The topological polar surface area (TPSA) is 65.5 Å². The maximum absolute atomic E-state index is 11.5. The molecule has 1 unspecified atom stereocenters. The molecule has 22 heavy (non-hydrogen) atoms. The highest BCUT2D eigenvalue weighted by molar-refractivity contribution is 6.30. The molecule has 1 aromatic rings. The van der Waals surface area contributed by atoms with Crippen molar-refractivity contribution in [2.24, 2.45) is 5.41 Å². The second kappa shape index (κ2) is 6.32. The number of carboxylic acid groups (broad SMARTS) is 1. The van der Waals surface area contributed by atoms with E-state index >= 15 is 0 Å². The zero-order chi connectivity index (χ0) is 15.6. The standard InChI is InChI=1S/C16H22ClN3O2/c17-12-3-4-14(18-10-12)19-11-13-9-16(5-1-2-6-16)7-8-20(13)15(21)22/h3-4,10,13H,1-2,5-9,11H2,(H,18,19)(H,21,22). The van der Waals surface area contributed by atoms with Gasteiger partial charge in [-0.05, 0) is 43.2 Å². The molecule has 1 aliphatic carbocycles. The molecule has 1 aromatic heterocycles. The van der Waals surface area contributed by atoms with Crippen molar-refractivity contribution in [2.45, 2.75) is 44.6 Å². The van der Waals surface area contributed by atoms with Crippen molar-refractivity contribution in [3.63, 3.8) is 0 Å². The first-order valence-electron chi connectivity index (χ1n) is 7.93. The Balaban J connectivity index is 1.66. The quantitative estimate of drug-likeness (QED) is 0.886. The van der Waals surface area contributed by atoms with Gasteiger partial charge in [0.1, 0.15) is 5.82 Å². The number of nitrogens with one attached hydrogen (secondary N) is 1. The molecular weight excluding hydrogens is 302 g/mol. The molecule has 1 saturated heterocycles. The Morgan fingerprint density at radius 3 is 2.82 bits per heavy atom. The SMILES string of the molecule is O=C(O)N1CCC2(CCCC2)CC1CNc1ccc(Cl)cn1. The predicted octanol–water partition coefficient (Wildman–Crippen LogP) is 3.85. The minimum Gasteiger partial charge on any atom is -0.465 e. The number of hydrogen-bond acceptors (Lipinski definition) is 3. The maximum atomic E-state index is 11.5. The summed E-state index contributed by atoms with van der Waals surface area (Å²) in [4.78, 5) is 17.3. The normalized spacial score (nSPS) is 23.7. The van der Waals surface area contributed by atoms with Crippen LogP contribution >= 0.6 is 11.6 Å². The van der Waals surface area contributed by atoms with Gasteiger partial charge in [-0.3, -0.25) is 0 Å². The Hall–Kier alpha value is -1.49. The first-order chi connectivity index (χ1) is 10.6. The minimum absolute atomic E-state index is 0.0156. The van der Waals surface area contributed by atoms with Gasteiger partial charge in [0.15, 0.2) is 0 Å². The highest BCUT2D eigenvalue weighted by Crippen LogP contribution is 2.47. The summed E-state index contributed by atoms with van der Waals surface area (Å²) in [6.45, 7) is 1.25. The number of pyridine rings is 1. The first-order valence-corrected chi connectivity index (χ1v) is 8.31. The van der Waals surface area contributed by atoms with E-state index in [1.165, 1.54) is 25.7 Å². The Morgan fingerprint density at radius 1 is 1.41 bits per heavy atom. The number of nitrogens with zero attached hydrogens (tertiary/aromatic N) is 2. The molecule has 1 saturated carbocycles.